The van der Waals surface area contributed by atoms with E-state index in [1.165, 1.54) is 26.4 Å². The molecular formula is C14H25NO2. The maximum Gasteiger partial charge on any atom is 0.333 e. The molecule has 0 saturated heterocycles. The normalized spacial score (nSPS) is 17.9. The van der Waals surface area contributed by atoms with Gasteiger partial charge in [0.15, 0.2) is 0 Å². The van der Waals surface area contributed by atoms with Crippen molar-refractivity contribution < 1.29 is 9.53 Å². The molecule has 0 amide bonds. The number of hydrogen-bond acceptors (Lipinski definition) is 3. The summed E-state index contributed by atoms with van der Waals surface area (Å²) in [5, 5.41) is 3.50. The summed E-state index contributed by atoms with van der Waals surface area (Å²) in [6.07, 6.45) is 7.93. The molecule has 1 saturated carbocycles. The van der Waals surface area contributed by atoms with Crippen LogP contribution in [0.4, 0.5) is 0 Å². The number of ether oxygens (including phenoxy) is 1. The molecule has 1 aliphatic rings. The third kappa shape index (κ3) is 5.35. The molecule has 0 aliphatic heterocycles. The molecule has 0 spiro atoms. The number of rotatable bonds is 8. The third-order valence-corrected chi connectivity index (χ3v) is 3.39. The first kappa shape index (κ1) is 14.2. The highest BCUT2D eigenvalue weighted by molar-refractivity contribution is 5.88. The molecule has 17 heavy (non-hydrogen) atoms. The Kier molecular flexibility index (Phi) is 6.27. The van der Waals surface area contributed by atoms with Crippen LogP contribution in [0.5, 0.6) is 0 Å². The Morgan fingerprint density at radius 1 is 1.47 bits per heavy atom. The second kappa shape index (κ2) is 7.49. The minimum Gasteiger partial charge on any atom is -0.466 e. The van der Waals surface area contributed by atoms with Crippen LogP contribution in [-0.2, 0) is 9.53 Å². The molecule has 1 unspecified atom stereocenters. The van der Waals surface area contributed by atoms with E-state index >= 15 is 0 Å². The van der Waals surface area contributed by atoms with E-state index in [0.29, 0.717) is 6.04 Å². The molecule has 3 heteroatoms. The molecule has 1 rings (SSSR count). The number of methoxy groups -OCH3 is 1. The Morgan fingerprint density at radius 2 is 2.18 bits per heavy atom. The molecule has 1 fully saturated rings. The molecule has 3 nitrogen and oxygen atoms in total. The van der Waals surface area contributed by atoms with Gasteiger partial charge in [-0.2, -0.15) is 0 Å². The van der Waals surface area contributed by atoms with E-state index in [1.54, 1.807) is 0 Å². The van der Waals surface area contributed by atoms with Gasteiger partial charge in [0.2, 0.25) is 0 Å². The average Bonchev–Trinajstić information content (AvgIpc) is 3.16. The topological polar surface area (TPSA) is 38.3 Å². The zero-order valence-electron chi connectivity index (χ0n) is 11.3. The van der Waals surface area contributed by atoms with Crippen molar-refractivity contribution in [2.45, 2.75) is 52.0 Å². The summed E-state index contributed by atoms with van der Waals surface area (Å²) in [5.74, 6) is 0.743. The van der Waals surface area contributed by atoms with Crippen molar-refractivity contribution in [2.75, 3.05) is 13.7 Å². The second-order valence-corrected chi connectivity index (χ2v) is 4.77. The second-order valence-electron chi connectivity index (χ2n) is 4.77. The summed E-state index contributed by atoms with van der Waals surface area (Å²) in [6.45, 7) is 4.96. The van der Waals surface area contributed by atoms with Crippen LogP contribution in [0, 0.1) is 5.92 Å². The van der Waals surface area contributed by atoms with Gasteiger partial charge in [-0.1, -0.05) is 32.8 Å². The van der Waals surface area contributed by atoms with Crippen LogP contribution >= 0.6 is 0 Å². The third-order valence-electron chi connectivity index (χ3n) is 3.39. The van der Waals surface area contributed by atoms with E-state index in [1.807, 2.05) is 13.0 Å². The van der Waals surface area contributed by atoms with Gasteiger partial charge in [-0.3, -0.25) is 0 Å². The molecule has 1 N–H and O–H groups in total. The number of carbonyl (C=O) groups is 1. The molecule has 0 heterocycles. The van der Waals surface area contributed by atoms with Crippen molar-refractivity contribution in [3.8, 4) is 0 Å². The van der Waals surface area contributed by atoms with Crippen LogP contribution in [0.15, 0.2) is 11.6 Å². The first-order valence-corrected chi connectivity index (χ1v) is 6.71. The van der Waals surface area contributed by atoms with Crippen LogP contribution < -0.4 is 5.32 Å². The zero-order chi connectivity index (χ0) is 12.7. The fourth-order valence-electron chi connectivity index (χ4n) is 2.00. The van der Waals surface area contributed by atoms with Gasteiger partial charge in [-0.25, -0.2) is 4.79 Å². The van der Waals surface area contributed by atoms with Gasteiger partial charge in [0.1, 0.15) is 0 Å². The van der Waals surface area contributed by atoms with Crippen LogP contribution in [0.25, 0.3) is 0 Å². The fraction of sp³-hybridized carbons (Fsp3) is 0.786. The lowest BCUT2D eigenvalue weighted by atomic mass is 10.1. The van der Waals surface area contributed by atoms with Gasteiger partial charge in [0.05, 0.1) is 7.11 Å². The Labute approximate surface area is 105 Å². The molecule has 0 radical (unpaired) electrons. The maximum atomic E-state index is 11.4. The highest BCUT2D eigenvalue weighted by Crippen LogP contribution is 2.33. The summed E-state index contributed by atoms with van der Waals surface area (Å²) in [4.78, 5) is 11.4. The van der Waals surface area contributed by atoms with Crippen LogP contribution in [0.3, 0.4) is 0 Å². The van der Waals surface area contributed by atoms with Gasteiger partial charge in [-0.05, 0) is 25.2 Å². The minimum atomic E-state index is -0.204. The van der Waals surface area contributed by atoms with E-state index in [0.717, 1.165) is 30.9 Å². The minimum absolute atomic E-state index is 0.204. The quantitative estimate of drug-likeness (QED) is 0.523. The predicted octanol–water partition coefficient (Wildman–Crippen LogP) is 2.66. The predicted molar refractivity (Wildman–Crippen MR) is 69.8 cm³/mol. The molecule has 1 aliphatic carbocycles. The Hall–Kier alpha value is -0.830. The Morgan fingerprint density at radius 3 is 2.65 bits per heavy atom. The summed E-state index contributed by atoms with van der Waals surface area (Å²) in [5.41, 5.74) is 0.765. The number of nitrogens with one attached hydrogen (secondary N) is 1. The van der Waals surface area contributed by atoms with Crippen molar-refractivity contribution in [3.05, 3.63) is 11.6 Å². The van der Waals surface area contributed by atoms with E-state index in [2.05, 4.69) is 12.2 Å². The van der Waals surface area contributed by atoms with Crippen LogP contribution in [0.2, 0.25) is 0 Å². The summed E-state index contributed by atoms with van der Waals surface area (Å²) in [6, 6.07) is 0.592. The number of esters is 1. The number of carbonyl (C=O) groups excluding carboxylic acids is 1. The fourth-order valence-corrected chi connectivity index (χ4v) is 2.00. The average molecular weight is 239 g/mol. The number of hydrogen-bond donors (Lipinski definition) is 1. The van der Waals surface area contributed by atoms with E-state index in [9.17, 15) is 4.79 Å². The highest BCUT2D eigenvalue weighted by atomic mass is 16.5. The Balaban J connectivity index is 2.31. The molecule has 0 bridgehead atoms. The van der Waals surface area contributed by atoms with E-state index in [-0.39, 0.29) is 5.97 Å². The maximum absolute atomic E-state index is 11.4. The van der Waals surface area contributed by atoms with E-state index in [4.69, 9.17) is 4.74 Å². The first-order chi connectivity index (χ1) is 8.21. The van der Waals surface area contributed by atoms with E-state index < -0.39 is 0 Å². The van der Waals surface area contributed by atoms with Crippen molar-refractivity contribution in [1.82, 2.24) is 5.32 Å². The largest absolute Gasteiger partial charge is 0.466 e. The molecule has 1 atom stereocenters. The summed E-state index contributed by atoms with van der Waals surface area (Å²) in [7, 11) is 1.43. The molecule has 0 aromatic heterocycles. The summed E-state index contributed by atoms with van der Waals surface area (Å²) >= 11 is 0. The van der Waals surface area contributed by atoms with Crippen molar-refractivity contribution in [3.63, 3.8) is 0 Å². The van der Waals surface area contributed by atoms with Crippen LogP contribution in [0.1, 0.15) is 46.0 Å². The van der Waals surface area contributed by atoms with Crippen molar-refractivity contribution >= 4 is 5.97 Å². The standard InChI is InChI=1S/C14H25NO2/c1-4-12(14(16)17-3)8-9-15-13(5-2)10-11-6-7-11/h8,11,13,15H,4-7,9-10H2,1-3H3/b12-8-. The smallest absolute Gasteiger partial charge is 0.333 e. The van der Waals surface area contributed by atoms with Gasteiger partial charge in [-0.15, -0.1) is 0 Å². The highest BCUT2D eigenvalue weighted by Gasteiger charge is 2.24. The van der Waals surface area contributed by atoms with Gasteiger partial charge >= 0.3 is 5.97 Å². The monoisotopic (exact) mass is 239 g/mol. The molecular weight excluding hydrogens is 214 g/mol. The Bertz CT molecular complexity index is 269. The molecule has 0 aromatic rings. The first-order valence-electron chi connectivity index (χ1n) is 6.71. The van der Waals surface area contributed by atoms with Crippen molar-refractivity contribution in [1.29, 1.82) is 0 Å². The van der Waals surface area contributed by atoms with Crippen molar-refractivity contribution in [2.24, 2.45) is 5.92 Å². The molecule has 98 valence electrons. The zero-order valence-corrected chi connectivity index (χ0v) is 11.3. The van der Waals surface area contributed by atoms with Gasteiger partial charge in [0, 0.05) is 18.2 Å². The SMILES string of the molecule is CC/C(=C/CNC(CC)CC1CC1)C(=O)OC. The lowest BCUT2D eigenvalue weighted by Gasteiger charge is -2.15. The van der Waals surface area contributed by atoms with Gasteiger partial charge < -0.3 is 10.1 Å². The molecule has 0 aromatic carbocycles. The van der Waals surface area contributed by atoms with Crippen LogP contribution in [-0.4, -0.2) is 25.7 Å². The summed E-state index contributed by atoms with van der Waals surface area (Å²) < 4.78 is 4.73. The van der Waals surface area contributed by atoms with Gasteiger partial charge in [0.25, 0.3) is 0 Å². The lowest BCUT2D eigenvalue weighted by Crippen LogP contribution is -2.29. The lowest BCUT2D eigenvalue weighted by molar-refractivity contribution is -0.136.